The Bertz CT molecular complexity index is 1330. The fourth-order valence-corrected chi connectivity index (χ4v) is 6.61. The third-order valence-electron chi connectivity index (χ3n) is 8.53. The number of amides is 2. The molecule has 4 atom stereocenters. The third-order valence-corrected chi connectivity index (χ3v) is 8.53. The van der Waals surface area contributed by atoms with E-state index in [0.29, 0.717) is 42.9 Å². The number of imide groups is 1. The first-order valence-electron chi connectivity index (χ1n) is 14.0. The number of anilines is 1. The monoisotopic (exact) mass is 547 g/mol. The minimum atomic E-state index is -1.71. The Balaban J connectivity index is 1.41. The van der Waals surface area contributed by atoms with Crippen molar-refractivity contribution in [3.8, 4) is 0 Å². The van der Waals surface area contributed by atoms with Crippen LogP contribution >= 0.6 is 0 Å². The molecular formula is C29H35B2NO8. The molecule has 4 N–H and O–H groups in total. The summed E-state index contributed by atoms with van der Waals surface area (Å²) in [4.78, 5) is 28.6. The molecule has 1 aromatic carbocycles. The predicted octanol–water partition coefficient (Wildman–Crippen LogP) is 2.44. The van der Waals surface area contributed by atoms with Crippen LogP contribution in [0, 0.1) is 17.8 Å². The first-order valence-corrected chi connectivity index (χ1v) is 14.0. The van der Waals surface area contributed by atoms with Crippen LogP contribution in [0.5, 0.6) is 0 Å². The Hall–Kier alpha value is -2.95. The summed E-state index contributed by atoms with van der Waals surface area (Å²) in [6.45, 7) is 3.94. The molecule has 210 valence electrons. The summed E-state index contributed by atoms with van der Waals surface area (Å²) in [6.07, 6.45) is 5.10. The zero-order valence-corrected chi connectivity index (χ0v) is 22.8. The van der Waals surface area contributed by atoms with E-state index in [1.54, 1.807) is 18.2 Å². The maximum Gasteiger partial charge on any atom is 0.488 e. The number of benzene rings is 1. The summed E-state index contributed by atoms with van der Waals surface area (Å²) >= 11 is 0. The summed E-state index contributed by atoms with van der Waals surface area (Å²) < 4.78 is 11.7. The molecule has 2 aromatic rings. The number of hydrogen-bond acceptors (Lipinski definition) is 8. The lowest BCUT2D eigenvalue weighted by Gasteiger charge is -2.43. The largest absolute Gasteiger partial charge is 0.488 e. The predicted molar refractivity (Wildman–Crippen MR) is 151 cm³/mol. The number of aliphatic hydroxyl groups excluding tert-OH is 1. The molecule has 2 aliphatic heterocycles. The van der Waals surface area contributed by atoms with E-state index in [9.17, 15) is 29.8 Å². The van der Waals surface area contributed by atoms with Crippen LogP contribution in [-0.2, 0) is 20.9 Å². The van der Waals surface area contributed by atoms with E-state index in [1.165, 1.54) is 17.0 Å². The van der Waals surface area contributed by atoms with Crippen LogP contribution in [0.1, 0.15) is 57.5 Å². The van der Waals surface area contributed by atoms with Crippen LogP contribution in [0.15, 0.2) is 57.5 Å². The molecular weight excluding hydrogens is 512 g/mol. The van der Waals surface area contributed by atoms with Crippen LogP contribution in [0.3, 0.4) is 0 Å². The van der Waals surface area contributed by atoms with Crippen molar-refractivity contribution in [3.63, 3.8) is 0 Å². The van der Waals surface area contributed by atoms with E-state index >= 15 is 0 Å². The molecule has 3 aliphatic rings. The summed E-state index contributed by atoms with van der Waals surface area (Å²) in [5, 5.41) is 39.3. The molecule has 2 amide bonds. The van der Waals surface area contributed by atoms with Gasteiger partial charge in [-0.2, -0.15) is 0 Å². The third kappa shape index (κ3) is 5.36. The number of hydrogen-bond donors (Lipinski definition) is 4. The molecule has 9 nitrogen and oxygen atoms in total. The van der Waals surface area contributed by atoms with Gasteiger partial charge in [-0.3, -0.25) is 14.5 Å². The molecule has 0 spiro atoms. The van der Waals surface area contributed by atoms with Gasteiger partial charge < -0.3 is 29.3 Å². The van der Waals surface area contributed by atoms with E-state index in [2.05, 4.69) is 6.92 Å². The second kappa shape index (κ2) is 11.9. The van der Waals surface area contributed by atoms with Crippen molar-refractivity contribution in [1.29, 1.82) is 0 Å². The topological polar surface area (TPSA) is 141 Å². The normalized spacial score (nSPS) is 25.0. The van der Waals surface area contributed by atoms with Crippen LogP contribution in [0.25, 0.3) is 6.08 Å². The lowest BCUT2D eigenvalue weighted by atomic mass is 9.58. The maximum atomic E-state index is 13.8. The van der Waals surface area contributed by atoms with E-state index in [0.717, 1.165) is 23.1 Å². The van der Waals surface area contributed by atoms with Gasteiger partial charge in [-0.1, -0.05) is 37.1 Å². The lowest BCUT2D eigenvalue weighted by Crippen LogP contribution is -2.46. The standard InChI is InChI=1S/C29H35B2NO8/c1-3-17(12-21-9-10-22(16-33)39-21)8-11-25-26-18(4-2)13-23-27(24(26)15-30(36)40-25)29(35)32(28(23)34)20-7-5-6-19(14-20)31(37)38/h5-7,9-10,12,14,23-25,27,33,36-38H,3-4,8,11,13,15-16H2,1-2H3/b17-12+/t23-,24+,25-,27-/m1/s1. The molecule has 2 saturated heterocycles. The average molecular weight is 547 g/mol. The van der Waals surface area contributed by atoms with Crippen LogP contribution in [0.2, 0.25) is 6.32 Å². The molecule has 0 saturated carbocycles. The average Bonchev–Trinajstić information content (AvgIpc) is 3.51. The highest BCUT2D eigenvalue weighted by Crippen LogP contribution is 2.51. The Morgan fingerprint density at radius 2 is 1.95 bits per heavy atom. The molecule has 11 heteroatoms. The first kappa shape index (κ1) is 28.6. The summed E-state index contributed by atoms with van der Waals surface area (Å²) in [5.74, 6) is -0.900. The second-order valence-corrected chi connectivity index (χ2v) is 10.8. The van der Waals surface area contributed by atoms with Gasteiger partial charge in [-0.15, -0.1) is 0 Å². The molecule has 40 heavy (non-hydrogen) atoms. The van der Waals surface area contributed by atoms with Crippen molar-refractivity contribution in [3.05, 3.63) is 64.6 Å². The summed E-state index contributed by atoms with van der Waals surface area (Å²) in [5.41, 5.74) is 3.79. The number of fused-ring (bicyclic) bond motifs is 3. The van der Waals surface area contributed by atoms with Crippen molar-refractivity contribution in [2.45, 2.75) is 65.0 Å². The highest BCUT2D eigenvalue weighted by Gasteiger charge is 2.57. The van der Waals surface area contributed by atoms with Crippen molar-refractivity contribution in [1.82, 2.24) is 0 Å². The first-order chi connectivity index (χ1) is 19.2. The second-order valence-electron chi connectivity index (χ2n) is 10.8. The van der Waals surface area contributed by atoms with Gasteiger partial charge in [0, 0.05) is 0 Å². The molecule has 2 fully saturated rings. The zero-order chi connectivity index (χ0) is 28.6. The van der Waals surface area contributed by atoms with Crippen LogP contribution in [-0.4, -0.2) is 52.3 Å². The molecule has 1 aromatic heterocycles. The lowest BCUT2D eigenvalue weighted by molar-refractivity contribution is -0.122. The van der Waals surface area contributed by atoms with Gasteiger partial charge in [0.05, 0.1) is 23.6 Å². The van der Waals surface area contributed by atoms with Gasteiger partial charge in [0.15, 0.2) is 0 Å². The molecule has 0 unspecified atom stereocenters. The van der Waals surface area contributed by atoms with E-state index in [-0.39, 0.29) is 42.2 Å². The van der Waals surface area contributed by atoms with Crippen molar-refractivity contribution in [2.75, 3.05) is 4.90 Å². The fourth-order valence-electron chi connectivity index (χ4n) is 6.61. The van der Waals surface area contributed by atoms with Gasteiger partial charge in [0.25, 0.3) is 0 Å². The highest BCUT2D eigenvalue weighted by molar-refractivity contribution is 6.58. The fraction of sp³-hybridized carbons (Fsp3) is 0.448. The van der Waals surface area contributed by atoms with E-state index in [1.807, 2.05) is 19.1 Å². The van der Waals surface area contributed by atoms with E-state index < -0.39 is 26.1 Å². The minimum Gasteiger partial charge on any atom is -0.459 e. The molecule has 0 radical (unpaired) electrons. The van der Waals surface area contributed by atoms with Crippen molar-refractivity contribution in [2.24, 2.45) is 17.8 Å². The zero-order valence-electron chi connectivity index (χ0n) is 22.8. The molecule has 5 rings (SSSR count). The number of aliphatic hydroxyl groups is 1. The molecule has 3 heterocycles. The smallest absolute Gasteiger partial charge is 0.459 e. The summed E-state index contributed by atoms with van der Waals surface area (Å²) in [6, 6.07) is 9.76. The van der Waals surface area contributed by atoms with Gasteiger partial charge >= 0.3 is 14.2 Å². The van der Waals surface area contributed by atoms with Crippen LogP contribution < -0.4 is 10.4 Å². The Labute approximate surface area is 234 Å². The van der Waals surface area contributed by atoms with Gasteiger partial charge in [0.1, 0.15) is 18.1 Å². The SMILES string of the molecule is CCC1=C2[C@@H](CC/C(=C/c3ccc(CO)o3)CC)OB(O)C[C@@H]2[C@@H]2C(=O)N(c3cccc(B(O)O)c3)C(=O)[C@@H]2C1. The number of nitrogens with zero attached hydrogens (tertiary/aromatic N) is 1. The molecule has 0 bridgehead atoms. The van der Waals surface area contributed by atoms with Gasteiger partial charge in [-0.25, -0.2) is 0 Å². The Morgan fingerprint density at radius 1 is 1.15 bits per heavy atom. The number of carbonyl (C=O) groups excluding carboxylic acids is 2. The highest BCUT2D eigenvalue weighted by atomic mass is 16.5. The quantitative estimate of drug-likeness (QED) is 0.213. The van der Waals surface area contributed by atoms with Gasteiger partial charge in [-0.05, 0) is 85.7 Å². The van der Waals surface area contributed by atoms with Crippen LogP contribution in [0.4, 0.5) is 5.69 Å². The Kier molecular flexibility index (Phi) is 8.49. The number of carbonyl (C=O) groups is 2. The molecule has 1 aliphatic carbocycles. The number of furan rings is 1. The Morgan fingerprint density at radius 3 is 2.62 bits per heavy atom. The maximum absolute atomic E-state index is 13.8. The number of allylic oxidation sites excluding steroid dienone is 2. The van der Waals surface area contributed by atoms with Crippen molar-refractivity contribution < 1.29 is 38.8 Å². The van der Waals surface area contributed by atoms with E-state index in [4.69, 9.17) is 9.07 Å². The number of rotatable bonds is 9. The summed E-state index contributed by atoms with van der Waals surface area (Å²) in [7, 11) is -2.76. The minimum absolute atomic E-state index is 0.159. The van der Waals surface area contributed by atoms with Gasteiger partial charge in [0.2, 0.25) is 11.8 Å². The van der Waals surface area contributed by atoms with Crippen molar-refractivity contribution >= 4 is 43.3 Å².